The van der Waals surface area contributed by atoms with Crippen LogP contribution in [-0.2, 0) is 11.3 Å². The molecule has 0 saturated carbocycles. The van der Waals surface area contributed by atoms with Gasteiger partial charge in [0.2, 0.25) is 5.91 Å². The molecule has 14 heavy (non-hydrogen) atoms. The summed E-state index contributed by atoms with van der Waals surface area (Å²) in [5.74, 6) is 0.0188. The van der Waals surface area contributed by atoms with Crippen molar-refractivity contribution in [2.45, 2.75) is 26.0 Å². The molecule has 1 aromatic heterocycles. The molecule has 1 aliphatic rings. The molecule has 0 bridgehead atoms. The Morgan fingerprint density at radius 1 is 1.79 bits per heavy atom. The number of carbonyl (C=O) groups is 1. The molecule has 1 aromatic rings. The van der Waals surface area contributed by atoms with E-state index in [-0.39, 0.29) is 12.3 Å². The number of hydrogen-bond donors (Lipinski definition) is 1. The summed E-state index contributed by atoms with van der Waals surface area (Å²) in [6.45, 7) is 2.91. The van der Waals surface area contributed by atoms with Crippen molar-refractivity contribution in [1.29, 1.82) is 0 Å². The Morgan fingerprint density at radius 2 is 2.57 bits per heavy atom. The molecule has 1 saturated heterocycles. The zero-order valence-electron chi connectivity index (χ0n) is 7.93. The van der Waals surface area contributed by atoms with Crippen LogP contribution in [0.1, 0.15) is 17.1 Å². The molecule has 2 rings (SSSR count). The summed E-state index contributed by atoms with van der Waals surface area (Å²) >= 11 is 1.55. The molecule has 1 unspecified atom stereocenters. The Morgan fingerprint density at radius 3 is 3.07 bits per heavy atom. The fraction of sp³-hybridized carbons (Fsp3) is 0.556. The second-order valence-electron chi connectivity index (χ2n) is 3.51. The van der Waals surface area contributed by atoms with Crippen molar-refractivity contribution in [3.05, 3.63) is 16.1 Å². The largest absolute Gasteiger partial charge is 0.391 e. The normalized spacial score (nSPS) is 22.0. The first-order chi connectivity index (χ1) is 6.65. The minimum atomic E-state index is -0.497. The lowest BCUT2D eigenvalue weighted by molar-refractivity contribution is -0.128. The Labute approximate surface area is 86.2 Å². The minimum absolute atomic E-state index is 0.0188. The average Bonchev–Trinajstić information content (AvgIpc) is 2.61. The summed E-state index contributed by atoms with van der Waals surface area (Å²) in [7, 11) is 0. The van der Waals surface area contributed by atoms with Gasteiger partial charge in [-0.1, -0.05) is 0 Å². The van der Waals surface area contributed by atoms with Crippen molar-refractivity contribution < 1.29 is 9.90 Å². The number of rotatable bonds is 2. The quantitative estimate of drug-likeness (QED) is 0.778. The van der Waals surface area contributed by atoms with Crippen molar-refractivity contribution in [1.82, 2.24) is 9.88 Å². The summed E-state index contributed by atoms with van der Waals surface area (Å²) in [5, 5.41) is 12.2. The van der Waals surface area contributed by atoms with Crippen molar-refractivity contribution in [2.75, 3.05) is 6.54 Å². The van der Waals surface area contributed by atoms with Gasteiger partial charge in [-0.15, -0.1) is 11.3 Å². The third-order valence-corrected chi connectivity index (χ3v) is 3.14. The second-order valence-corrected chi connectivity index (χ2v) is 4.46. The summed E-state index contributed by atoms with van der Waals surface area (Å²) in [6.07, 6.45) is -0.242. The van der Waals surface area contributed by atoms with Gasteiger partial charge in [-0.05, 0) is 6.92 Å². The van der Waals surface area contributed by atoms with Crippen LogP contribution in [0.3, 0.4) is 0 Å². The van der Waals surface area contributed by atoms with Crippen LogP contribution in [0, 0.1) is 6.92 Å². The van der Waals surface area contributed by atoms with E-state index < -0.39 is 6.10 Å². The molecule has 2 heterocycles. The van der Waals surface area contributed by atoms with Gasteiger partial charge in [-0.25, -0.2) is 4.98 Å². The highest BCUT2D eigenvalue weighted by atomic mass is 32.1. The van der Waals surface area contributed by atoms with E-state index in [0.29, 0.717) is 13.1 Å². The first-order valence-electron chi connectivity index (χ1n) is 4.52. The molecule has 5 heteroatoms. The SMILES string of the molecule is Cc1csc(CN2CC(O)CC2=O)n1. The Balaban J connectivity index is 2.01. The second kappa shape index (κ2) is 3.67. The van der Waals surface area contributed by atoms with E-state index in [1.165, 1.54) is 0 Å². The number of likely N-dealkylation sites (tertiary alicyclic amines) is 1. The van der Waals surface area contributed by atoms with Gasteiger partial charge >= 0.3 is 0 Å². The lowest BCUT2D eigenvalue weighted by Gasteiger charge is -2.13. The monoisotopic (exact) mass is 212 g/mol. The van der Waals surface area contributed by atoms with Crippen molar-refractivity contribution >= 4 is 17.2 Å². The van der Waals surface area contributed by atoms with E-state index >= 15 is 0 Å². The Hall–Kier alpha value is -0.940. The third kappa shape index (κ3) is 1.93. The number of amides is 1. The van der Waals surface area contributed by atoms with Gasteiger partial charge in [-0.2, -0.15) is 0 Å². The lowest BCUT2D eigenvalue weighted by Crippen LogP contribution is -2.25. The predicted molar refractivity (Wildman–Crippen MR) is 52.9 cm³/mol. The topological polar surface area (TPSA) is 53.4 Å². The van der Waals surface area contributed by atoms with Gasteiger partial charge in [0, 0.05) is 17.6 Å². The van der Waals surface area contributed by atoms with Gasteiger partial charge in [0.15, 0.2) is 0 Å². The number of β-amino-alcohol motifs (C(OH)–C–C–N with tert-alkyl or cyclic N) is 1. The maximum Gasteiger partial charge on any atom is 0.225 e. The van der Waals surface area contributed by atoms with Crippen LogP contribution in [0.25, 0.3) is 0 Å². The van der Waals surface area contributed by atoms with E-state index in [0.717, 1.165) is 10.7 Å². The number of nitrogens with zero attached hydrogens (tertiary/aromatic N) is 2. The molecule has 1 N–H and O–H groups in total. The first kappa shape index (κ1) is 9.61. The number of aromatic nitrogens is 1. The third-order valence-electron chi connectivity index (χ3n) is 2.19. The summed E-state index contributed by atoms with van der Waals surface area (Å²) in [4.78, 5) is 17.3. The number of aliphatic hydroxyl groups excluding tert-OH is 1. The highest BCUT2D eigenvalue weighted by Gasteiger charge is 2.28. The summed E-state index contributed by atoms with van der Waals surface area (Å²) < 4.78 is 0. The molecular formula is C9H12N2O2S. The van der Waals surface area contributed by atoms with Crippen LogP contribution in [-0.4, -0.2) is 33.5 Å². The van der Waals surface area contributed by atoms with Crippen LogP contribution < -0.4 is 0 Å². The van der Waals surface area contributed by atoms with Crippen molar-refractivity contribution in [2.24, 2.45) is 0 Å². The number of aliphatic hydroxyl groups is 1. The molecule has 0 aromatic carbocycles. The number of thiazole rings is 1. The average molecular weight is 212 g/mol. The molecule has 0 radical (unpaired) electrons. The fourth-order valence-electron chi connectivity index (χ4n) is 1.54. The molecule has 1 atom stereocenters. The van der Waals surface area contributed by atoms with E-state index in [2.05, 4.69) is 4.98 Å². The zero-order chi connectivity index (χ0) is 10.1. The van der Waals surface area contributed by atoms with Crippen LogP contribution >= 0.6 is 11.3 Å². The van der Waals surface area contributed by atoms with Gasteiger partial charge in [0.05, 0.1) is 19.1 Å². The van der Waals surface area contributed by atoms with E-state index in [1.807, 2.05) is 12.3 Å². The van der Waals surface area contributed by atoms with E-state index in [9.17, 15) is 9.90 Å². The first-order valence-corrected chi connectivity index (χ1v) is 5.40. The number of aryl methyl sites for hydroxylation is 1. The van der Waals surface area contributed by atoms with Crippen molar-refractivity contribution in [3.63, 3.8) is 0 Å². The highest BCUT2D eigenvalue weighted by molar-refractivity contribution is 7.09. The Bertz CT molecular complexity index is 350. The summed E-state index contributed by atoms with van der Waals surface area (Å²) in [6, 6.07) is 0. The predicted octanol–water partition coefficient (Wildman–Crippen LogP) is 0.545. The maximum atomic E-state index is 11.3. The smallest absolute Gasteiger partial charge is 0.225 e. The summed E-state index contributed by atoms with van der Waals surface area (Å²) in [5.41, 5.74) is 0.984. The molecule has 1 amide bonds. The minimum Gasteiger partial charge on any atom is -0.391 e. The fourth-order valence-corrected chi connectivity index (χ4v) is 2.33. The zero-order valence-corrected chi connectivity index (χ0v) is 8.75. The maximum absolute atomic E-state index is 11.3. The van der Waals surface area contributed by atoms with Gasteiger partial charge < -0.3 is 10.0 Å². The molecule has 4 nitrogen and oxygen atoms in total. The van der Waals surface area contributed by atoms with Crippen LogP contribution in [0.5, 0.6) is 0 Å². The van der Waals surface area contributed by atoms with Crippen molar-refractivity contribution in [3.8, 4) is 0 Å². The molecular weight excluding hydrogens is 200 g/mol. The van der Waals surface area contributed by atoms with Crippen LogP contribution in [0.2, 0.25) is 0 Å². The molecule has 0 aliphatic carbocycles. The molecule has 0 spiro atoms. The van der Waals surface area contributed by atoms with Crippen LogP contribution in [0.4, 0.5) is 0 Å². The standard InChI is InChI=1S/C9H12N2O2S/c1-6-5-14-8(10-6)4-11-3-7(12)2-9(11)13/h5,7,12H,2-4H2,1H3. The van der Waals surface area contributed by atoms with Gasteiger partial charge in [-0.3, -0.25) is 4.79 Å². The van der Waals surface area contributed by atoms with E-state index in [1.54, 1.807) is 16.2 Å². The Kier molecular flexibility index (Phi) is 2.52. The molecule has 1 fully saturated rings. The van der Waals surface area contributed by atoms with E-state index in [4.69, 9.17) is 0 Å². The lowest BCUT2D eigenvalue weighted by atomic mass is 10.3. The molecule has 76 valence electrons. The van der Waals surface area contributed by atoms with Gasteiger partial charge in [0.1, 0.15) is 5.01 Å². The highest BCUT2D eigenvalue weighted by Crippen LogP contribution is 2.17. The number of hydrogen-bond acceptors (Lipinski definition) is 4. The number of carbonyl (C=O) groups excluding carboxylic acids is 1. The van der Waals surface area contributed by atoms with Gasteiger partial charge in [0.25, 0.3) is 0 Å². The van der Waals surface area contributed by atoms with Crippen LogP contribution in [0.15, 0.2) is 5.38 Å². The molecule has 1 aliphatic heterocycles.